The molecule has 0 fully saturated rings. The average Bonchev–Trinajstić information content (AvgIpc) is 2.01. The van der Waals surface area contributed by atoms with Crippen molar-refractivity contribution in [3.05, 3.63) is 25.3 Å². The van der Waals surface area contributed by atoms with E-state index in [0.29, 0.717) is 5.92 Å². The van der Waals surface area contributed by atoms with Crippen molar-refractivity contribution >= 4 is 0 Å². The molecule has 0 spiro atoms. The molecule has 0 saturated carbocycles. The second-order valence-electron chi connectivity index (χ2n) is 2.66. The van der Waals surface area contributed by atoms with E-state index in [0.717, 1.165) is 25.8 Å². The summed E-state index contributed by atoms with van der Waals surface area (Å²) in [5.41, 5.74) is 2.65. The Morgan fingerprint density at radius 3 is 2.18 bits per heavy atom. The van der Waals surface area contributed by atoms with Gasteiger partial charge in [0.2, 0.25) is 0 Å². The molecule has 0 aliphatic heterocycles. The van der Waals surface area contributed by atoms with E-state index in [-0.39, 0.29) is 0 Å². The molecule has 0 radical (unpaired) electrons. The van der Waals surface area contributed by atoms with Crippen LogP contribution in [-0.4, -0.2) is 6.54 Å². The second-order valence-corrected chi connectivity index (χ2v) is 2.66. The Morgan fingerprint density at radius 2 is 1.82 bits per heavy atom. The van der Waals surface area contributed by atoms with Crippen LogP contribution in [0.2, 0.25) is 0 Å². The first kappa shape index (κ1) is 10.4. The van der Waals surface area contributed by atoms with Gasteiger partial charge in [0, 0.05) is 6.54 Å². The standard InChI is InChI=1S/C9H18N2/c1-3-5-9(6-4-2)7-8-11-10/h3-4,9,11H,1-2,5-8,10H2. The fourth-order valence-electron chi connectivity index (χ4n) is 1.09. The van der Waals surface area contributed by atoms with Gasteiger partial charge in [-0.15, -0.1) is 13.2 Å². The van der Waals surface area contributed by atoms with Crippen molar-refractivity contribution in [2.24, 2.45) is 11.8 Å². The topological polar surface area (TPSA) is 38.0 Å². The van der Waals surface area contributed by atoms with E-state index in [9.17, 15) is 0 Å². The normalized spacial score (nSPS) is 10.0. The Balaban J connectivity index is 3.49. The van der Waals surface area contributed by atoms with Gasteiger partial charge in [-0.25, -0.2) is 0 Å². The lowest BCUT2D eigenvalue weighted by atomic mass is 9.98. The van der Waals surface area contributed by atoms with Gasteiger partial charge < -0.3 is 0 Å². The average molecular weight is 154 g/mol. The third-order valence-electron chi connectivity index (χ3n) is 1.70. The van der Waals surface area contributed by atoms with Gasteiger partial charge in [-0.1, -0.05) is 12.2 Å². The fraction of sp³-hybridized carbons (Fsp3) is 0.556. The predicted molar refractivity (Wildman–Crippen MR) is 49.9 cm³/mol. The molecule has 0 aliphatic rings. The van der Waals surface area contributed by atoms with E-state index in [1.54, 1.807) is 0 Å². The van der Waals surface area contributed by atoms with Crippen LogP contribution in [0, 0.1) is 5.92 Å². The quantitative estimate of drug-likeness (QED) is 0.332. The Bertz CT molecular complexity index is 100. The van der Waals surface area contributed by atoms with Gasteiger partial charge in [0.05, 0.1) is 0 Å². The van der Waals surface area contributed by atoms with Crippen LogP contribution in [0.3, 0.4) is 0 Å². The van der Waals surface area contributed by atoms with Crippen molar-refractivity contribution in [2.75, 3.05) is 6.54 Å². The summed E-state index contributed by atoms with van der Waals surface area (Å²) in [6.07, 6.45) is 7.09. The fourth-order valence-corrected chi connectivity index (χ4v) is 1.09. The van der Waals surface area contributed by atoms with Crippen LogP contribution >= 0.6 is 0 Å². The summed E-state index contributed by atoms with van der Waals surface area (Å²) in [5.74, 6) is 5.82. The molecule has 0 saturated heterocycles. The van der Waals surface area contributed by atoms with Crippen molar-refractivity contribution in [1.82, 2.24) is 5.43 Å². The van der Waals surface area contributed by atoms with Gasteiger partial charge in [-0.2, -0.15) is 0 Å². The molecule has 0 rings (SSSR count). The summed E-state index contributed by atoms with van der Waals surface area (Å²) in [4.78, 5) is 0. The molecule has 0 aromatic rings. The smallest absolute Gasteiger partial charge is 0.0100 e. The SMILES string of the molecule is C=CCC(CC=C)CCNN. The van der Waals surface area contributed by atoms with Gasteiger partial charge in [0.15, 0.2) is 0 Å². The van der Waals surface area contributed by atoms with Crippen LogP contribution in [0.1, 0.15) is 19.3 Å². The molecule has 2 heteroatoms. The third-order valence-corrected chi connectivity index (χ3v) is 1.70. The van der Waals surface area contributed by atoms with Gasteiger partial charge in [-0.3, -0.25) is 11.3 Å². The Kier molecular flexibility index (Phi) is 7.10. The maximum absolute atomic E-state index is 5.17. The van der Waals surface area contributed by atoms with Crippen molar-refractivity contribution in [3.63, 3.8) is 0 Å². The van der Waals surface area contributed by atoms with Crippen LogP contribution in [0.4, 0.5) is 0 Å². The van der Waals surface area contributed by atoms with Crippen LogP contribution in [0.25, 0.3) is 0 Å². The van der Waals surface area contributed by atoms with Gasteiger partial charge in [-0.05, 0) is 25.2 Å². The van der Waals surface area contributed by atoms with E-state index in [1.165, 1.54) is 0 Å². The van der Waals surface area contributed by atoms with E-state index >= 15 is 0 Å². The number of allylic oxidation sites excluding steroid dienone is 2. The van der Waals surface area contributed by atoms with Gasteiger partial charge in [0.1, 0.15) is 0 Å². The minimum Gasteiger partial charge on any atom is -0.271 e. The zero-order chi connectivity index (χ0) is 8.53. The monoisotopic (exact) mass is 154 g/mol. The molecule has 0 amide bonds. The first-order valence-corrected chi connectivity index (χ1v) is 4.00. The Hall–Kier alpha value is -0.600. The summed E-state index contributed by atoms with van der Waals surface area (Å²) >= 11 is 0. The highest BCUT2D eigenvalue weighted by molar-refractivity contribution is 4.79. The molecule has 0 heterocycles. The lowest BCUT2D eigenvalue weighted by Gasteiger charge is -2.11. The summed E-state index contributed by atoms with van der Waals surface area (Å²) in [6, 6.07) is 0. The number of nitrogens with one attached hydrogen (secondary N) is 1. The van der Waals surface area contributed by atoms with E-state index in [4.69, 9.17) is 5.84 Å². The second kappa shape index (κ2) is 7.51. The highest BCUT2D eigenvalue weighted by Crippen LogP contribution is 2.13. The first-order chi connectivity index (χ1) is 5.35. The van der Waals surface area contributed by atoms with E-state index in [1.807, 2.05) is 12.2 Å². The molecular weight excluding hydrogens is 136 g/mol. The summed E-state index contributed by atoms with van der Waals surface area (Å²) in [7, 11) is 0. The largest absolute Gasteiger partial charge is 0.271 e. The lowest BCUT2D eigenvalue weighted by Crippen LogP contribution is -2.24. The molecule has 0 unspecified atom stereocenters. The highest BCUT2D eigenvalue weighted by Gasteiger charge is 2.02. The highest BCUT2D eigenvalue weighted by atomic mass is 15.2. The zero-order valence-corrected chi connectivity index (χ0v) is 7.05. The molecule has 2 nitrogen and oxygen atoms in total. The number of hydrogen-bond donors (Lipinski definition) is 2. The summed E-state index contributed by atoms with van der Waals surface area (Å²) < 4.78 is 0. The maximum Gasteiger partial charge on any atom is 0.0100 e. The maximum atomic E-state index is 5.17. The third kappa shape index (κ3) is 5.83. The molecule has 0 aromatic carbocycles. The number of nitrogens with two attached hydrogens (primary N) is 1. The van der Waals surface area contributed by atoms with Crippen molar-refractivity contribution in [2.45, 2.75) is 19.3 Å². The van der Waals surface area contributed by atoms with Crippen LogP contribution in [-0.2, 0) is 0 Å². The number of hydrazine groups is 1. The molecule has 3 N–H and O–H groups in total. The van der Waals surface area contributed by atoms with Crippen molar-refractivity contribution < 1.29 is 0 Å². The van der Waals surface area contributed by atoms with E-state index in [2.05, 4.69) is 18.6 Å². The zero-order valence-electron chi connectivity index (χ0n) is 7.05. The Labute approximate surface area is 69.1 Å². The van der Waals surface area contributed by atoms with E-state index < -0.39 is 0 Å². The minimum absolute atomic E-state index is 0.654. The molecule has 0 aliphatic carbocycles. The Morgan fingerprint density at radius 1 is 1.27 bits per heavy atom. The summed E-state index contributed by atoms with van der Waals surface area (Å²) in [5, 5.41) is 0. The molecule has 11 heavy (non-hydrogen) atoms. The molecular formula is C9H18N2. The van der Waals surface area contributed by atoms with Gasteiger partial charge >= 0.3 is 0 Å². The number of hydrogen-bond acceptors (Lipinski definition) is 2. The van der Waals surface area contributed by atoms with Crippen LogP contribution in [0.5, 0.6) is 0 Å². The molecule has 64 valence electrons. The first-order valence-electron chi connectivity index (χ1n) is 4.00. The van der Waals surface area contributed by atoms with Crippen molar-refractivity contribution in [1.29, 1.82) is 0 Å². The molecule has 0 bridgehead atoms. The van der Waals surface area contributed by atoms with Crippen LogP contribution in [0.15, 0.2) is 25.3 Å². The number of rotatable bonds is 7. The van der Waals surface area contributed by atoms with Crippen molar-refractivity contribution in [3.8, 4) is 0 Å². The molecule has 0 aromatic heterocycles. The van der Waals surface area contributed by atoms with Gasteiger partial charge in [0.25, 0.3) is 0 Å². The minimum atomic E-state index is 0.654. The summed E-state index contributed by atoms with van der Waals surface area (Å²) in [6.45, 7) is 8.28. The van der Waals surface area contributed by atoms with Crippen LogP contribution < -0.4 is 11.3 Å². The lowest BCUT2D eigenvalue weighted by molar-refractivity contribution is 0.478. The predicted octanol–water partition coefficient (Wildman–Crippen LogP) is 1.61. The molecule has 0 atom stereocenters.